The Morgan fingerprint density at radius 2 is 1.92 bits per heavy atom. The van der Waals surface area contributed by atoms with Crippen LogP contribution in [-0.4, -0.2) is 18.3 Å². The number of hydrazone groups is 1. The molecule has 0 saturated heterocycles. The van der Waals surface area contributed by atoms with Crippen LogP contribution in [0.4, 0.5) is 5.88 Å². The van der Waals surface area contributed by atoms with Gasteiger partial charge >= 0.3 is 0 Å². The van der Waals surface area contributed by atoms with E-state index >= 15 is 0 Å². The first-order valence-corrected chi connectivity index (χ1v) is 7.19. The molecule has 0 aliphatic rings. The normalized spacial score (nSPS) is 10.5. The van der Waals surface area contributed by atoms with Crippen molar-refractivity contribution in [1.29, 1.82) is 5.26 Å². The van der Waals surface area contributed by atoms with E-state index < -0.39 is 0 Å². The maximum Gasteiger partial charge on any atom is 0.252 e. The predicted molar refractivity (Wildman–Crippen MR) is 90.9 cm³/mol. The summed E-state index contributed by atoms with van der Waals surface area (Å²) in [6.07, 6.45) is 1.62. The number of nitriles is 1. The Morgan fingerprint density at radius 1 is 1.17 bits per heavy atom. The Labute approximate surface area is 139 Å². The van der Waals surface area contributed by atoms with Gasteiger partial charge < -0.3 is 9.15 Å². The molecule has 118 valence electrons. The minimum absolute atomic E-state index is 0.153. The molecule has 24 heavy (non-hydrogen) atoms. The van der Waals surface area contributed by atoms with Gasteiger partial charge in [0.15, 0.2) is 0 Å². The Morgan fingerprint density at radius 3 is 2.58 bits per heavy atom. The lowest BCUT2D eigenvalue weighted by molar-refractivity contribution is 0.415. The molecule has 3 rings (SSSR count). The summed E-state index contributed by atoms with van der Waals surface area (Å²) in [4.78, 5) is 4.17. The molecule has 0 unspecified atom stereocenters. The molecule has 1 aromatic heterocycles. The smallest absolute Gasteiger partial charge is 0.252 e. The fraction of sp³-hybridized carbons (Fsp3) is 0.0556. The van der Waals surface area contributed by atoms with Crippen LogP contribution in [0.15, 0.2) is 64.1 Å². The van der Waals surface area contributed by atoms with Crippen molar-refractivity contribution in [2.45, 2.75) is 0 Å². The number of methoxy groups -OCH3 is 1. The third kappa shape index (κ3) is 3.42. The second-order valence-electron chi connectivity index (χ2n) is 4.82. The number of rotatable bonds is 5. The van der Waals surface area contributed by atoms with E-state index in [9.17, 15) is 5.26 Å². The van der Waals surface area contributed by atoms with Crippen molar-refractivity contribution < 1.29 is 9.15 Å². The highest BCUT2D eigenvalue weighted by atomic mass is 16.5. The van der Waals surface area contributed by atoms with Crippen molar-refractivity contribution in [3.05, 3.63) is 65.9 Å². The number of hydrogen-bond acceptors (Lipinski definition) is 6. The lowest BCUT2D eigenvalue weighted by atomic mass is 10.2. The van der Waals surface area contributed by atoms with Crippen molar-refractivity contribution in [2.24, 2.45) is 5.10 Å². The number of ether oxygens (including phenoxy) is 1. The molecule has 0 aliphatic carbocycles. The molecular weight excluding hydrogens is 304 g/mol. The monoisotopic (exact) mass is 318 g/mol. The number of nitrogens with zero attached hydrogens (tertiary/aromatic N) is 3. The highest BCUT2D eigenvalue weighted by Gasteiger charge is 2.13. The summed E-state index contributed by atoms with van der Waals surface area (Å²) in [5.74, 6) is 1.35. The number of aromatic nitrogens is 1. The minimum atomic E-state index is 0.153. The molecule has 0 aliphatic heterocycles. The lowest BCUT2D eigenvalue weighted by Crippen LogP contribution is -1.91. The largest absolute Gasteiger partial charge is 0.497 e. The summed E-state index contributed by atoms with van der Waals surface area (Å²) < 4.78 is 10.7. The standard InChI is InChI=1S/C18H14N4O2/c1-23-15-9-7-13(8-10-15)12-20-22-18-16(11-19)21-17(24-18)14-5-3-2-4-6-14/h2-10,12,22H,1H3. The first-order chi connectivity index (χ1) is 11.8. The van der Waals surface area contributed by atoms with E-state index in [1.54, 1.807) is 13.3 Å². The number of anilines is 1. The van der Waals surface area contributed by atoms with Crippen LogP contribution in [0.2, 0.25) is 0 Å². The second kappa shape index (κ2) is 7.11. The zero-order valence-electron chi connectivity index (χ0n) is 12.9. The summed E-state index contributed by atoms with van der Waals surface area (Å²) in [6, 6.07) is 18.8. The Hall–Kier alpha value is -3.59. The molecule has 0 bridgehead atoms. The first-order valence-electron chi connectivity index (χ1n) is 7.19. The van der Waals surface area contributed by atoms with Crippen molar-refractivity contribution in [1.82, 2.24) is 4.98 Å². The van der Waals surface area contributed by atoms with Gasteiger partial charge in [0.1, 0.15) is 11.8 Å². The molecule has 6 heteroatoms. The molecule has 1 heterocycles. The van der Waals surface area contributed by atoms with Crippen LogP contribution in [-0.2, 0) is 0 Å². The van der Waals surface area contributed by atoms with Crippen molar-refractivity contribution >= 4 is 12.1 Å². The van der Waals surface area contributed by atoms with Crippen molar-refractivity contribution in [3.63, 3.8) is 0 Å². The molecule has 1 N–H and O–H groups in total. The number of oxazole rings is 1. The third-order valence-electron chi connectivity index (χ3n) is 3.25. The first kappa shape index (κ1) is 15.3. The Bertz CT molecular complexity index is 878. The van der Waals surface area contributed by atoms with Crippen molar-refractivity contribution in [2.75, 3.05) is 12.5 Å². The SMILES string of the molecule is COc1ccc(C=NNc2oc(-c3ccccc3)nc2C#N)cc1. The van der Waals surface area contributed by atoms with Crippen LogP contribution < -0.4 is 10.2 Å². The van der Waals surface area contributed by atoms with E-state index in [4.69, 9.17) is 9.15 Å². The fourth-order valence-corrected chi connectivity index (χ4v) is 2.03. The molecule has 0 saturated carbocycles. The average Bonchev–Trinajstić information content (AvgIpc) is 3.06. The van der Waals surface area contributed by atoms with E-state index in [-0.39, 0.29) is 11.6 Å². The zero-order valence-corrected chi connectivity index (χ0v) is 12.9. The molecule has 3 aromatic rings. The molecule has 2 aromatic carbocycles. The van der Waals surface area contributed by atoms with Crippen LogP contribution >= 0.6 is 0 Å². The van der Waals surface area contributed by atoms with Gasteiger partial charge in [0.25, 0.3) is 5.88 Å². The quantitative estimate of drug-likeness (QED) is 0.573. The van der Waals surface area contributed by atoms with E-state index in [1.807, 2.05) is 60.7 Å². The highest BCUT2D eigenvalue weighted by molar-refractivity contribution is 5.80. The van der Waals surface area contributed by atoms with Gasteiger partial charge in [0.05, 0.1) is 13.3 Å². The fourth-order valence-electron chi connectivity index (χ4n) is 2.03. The minimum Gasteiger partial charge on any atom is -0.497 e. The zero-order chi connectivity index (χ0) is 16.8. The van der Waals surface area contributed by atoms with Crippen LogP contribution in [0.1, 0.15) is 11.3 Å². The van der Waals surface area contributed by atoms with E-state index in [1.165, 1.54) is 0 Å². The maximum atomic E-state index is 9.17. The predicted octanol–water partition coefficient (Wildman–Crippen LogP) is 3.67. The second-order valence-corrected chi connectivity index (χ2v) is 4.82. The van der Waals surface area contributed by atoms with Crippen LogP contribution in [0.25, 0.3) is 11.5 Å². The van der Waals surface area contributed by atoms with Crippen molar-refractivity contribution in [3.8, 4) is 23.3 Å². The number of nitrogens with one attached hydrogen (secondary N) is 1. The van der Waals surface area contributed by atoms with E-state index in [0.29, 0.717) is 5.89 Å². The van der Waals surface area contributed by atoms with Gasteiger partial charge in [-0.1, -0.05) is 18.2 Å². The van der Waals surface area contributed by atoms with Gasteiger partial charge in [-0.15, -0.1) is 0 Å². The van der Waals surface area contributed by atoms with E-state index in [0.717, 1.165) is 16.9 Å². The summed E-state index contributed by atoms with van der Waals surface area (Å²) in [6.45, 7) is 0. The van der Waals surface area contributed by atoms with Crippen LogP contribution in [0.5, 0.6) is 5.75 Å². The average molecular weight is 318 g/mol. The highest BCUT2D eigenvalue weighted by Crippen LogP contribution is 2.24. The van der Waals surface area contributed by atoms with Gasteiger partial charge in [-0.2, -0.15) is 15.3 Å². The lowest BCUT2D eigenvalue weighted by Gasteiger charge is -1.99. The molecule has 0 spiro atoms. The van der Waals surface area contributed by atoms with Gasteiger partial charge in [0, 0.05) is 5.56 Å². The van der Waals surface area contributed by atoms with Crippen LogP contribution in [0.3, 0.4) is 0 Å². The molecule has 0 atom stereocenters. The Balaban J connectivity index is 1.76. The topological polar surface area (TPSA) is 83.4 Å². The number of benzene rings is 2. The molecule has 0 radical (unpaired) electrons. The molecule has 0 fully saturated rings. The summed E-state index contributed by atoms with van der Waals surface area (Å²) in [7, 11) is 1.61. The van der Waals surface area contributed by atoms with Gasteiger partial charge in [0.2, 0.25) is 11.6 Å². The summed E-state index contributed by atoms with van der Waals surface area (Å²) in [5.41, 5.74) is 4.54. The number of hydrogen-bond donors (Lipinski definition) is 1. The van der Waals surface area contributed by atoms with Gasteiger partial charge in [-0.05, 0) is 42.0 Å². The molecular formula is C18H14N4O2. The Kier molecular flexibility index (Phi) is 4.54. The van der Waals surface area contributed by atoms with Gasteiger partial charge in [-0.3, -0.25) is 0 Å². The third-order valence-corrected chi connectivity index (χ3v) is 3.25. The van der Waals surface area contributed by atoms with Gasteiger partial charge in [-0.25, -0.2) is 5.43 Å². The summed E-state index contributed by atoms with van der Waals surface area (Å²) in [5, 5.41) is 13.3. The maximum absolute atomic E-state index is 9.17. The molecule has 0 amide bonds. The summed E-state index contributed by atoms with van der Waals surface area (Å²) >= 11 is 0. The van der Waals surface area contributed by atoms with Crippen LogP contribution in [0, 0.1) is 11.3 Å². The van der Waals surface area contributed by atoms with E-state index in [2.05, 4.69) is 15.5 Å². The molecule has 6 nitrogen and oxygen atoms in total.